The summed E-state index contributed by atoms with van der Waals surface area (Å²) in [7, 11) is 0. The van der Waals surface area contributed by atoms with E-state index in [1.165, 1.54) is 0 Å². The summed E-state index contributed by atoms with van der Waals surface area (Å²) in [6.45, 7) is 0.713. The molecular formula is C17H16N6O. The molecule has 1 aliphatic heterocycles. The van der Waals surface area contributed by atoms with E-state index in [1.807, 2.05) is 4.90 Å². The van der Waals surface area contributed by atoms with Gasteiger partial charge < -0.3 is 9.88 Å². The predicted octanol–water partition coefficient (Wildman–Crippen LogP) is 2.24. The molecule has 3 aromatic heterocycles. The fraction of sp³-hybridized carbons (Fsp3) is 0.235. The first-order valence-electron chi connectivity index (χ1n) is 7.85. The van der Waals surface area contributed by atoms with Crippen molar-refractivity contribution in [2.75, 3.05) is 6.54 Å². The average molecular weight is 320 g/mol. The van der Waals surface area contributed by atoms with E-state index in [2.05, 4.69) is 24.9 Å². The molecule has 0 spiro atoms. The lowest BCUT2D eigenvalue weighted by atomic mass is 10.1. The number of hydrogen-bond donors (Lipinski definition) is 1. The molecule has 0 aromatic carbocycles. The highest BCUT2D eigenvalue weighted by Gasteiger charge is 2.32. The number of aromatic nitrogens is 5. The number of rotatable bonds is 3. The second-order valence-corrected chi connectivity index (χ2v) is 5.67. The zero-order valence-corrected chi connectivity index (χ0v) is 13.0. The third kappa shape index (κ3) is 2.64. The molecule has 1 atom stereocenters. The number of carbonyl (C=O) groups excluding carboxylic acids is 1. The maximum atomic E-state index is 12.8. The van der Waals surface area contributed by atoms with Crippen LogP contribution in [0.1, 0.15) is 34.9 Å². The molecule has 0 aliphatic carbocycles. The number of aromatic amines is 1. The molecule has 0 bridgehead atoms. The van der Waals surface area contributed by atoms with Crippen LogP contribution in [0, 0.1) is 0 Å². The first-order valence-corrected chi connectivity index (χ1v) is 7.85. The molecule has 1 fully saturated rings. The summed E-state index contributed by atoms with van der Waals surface area (Å²) < 4.78 is 0. The number of nitrogens with zero attached hydrogens (tertiary/aromatic N) is 5. The molecule has 0 radical (unpaired) electrons. The largest absolute Gasteiger partial charge is 0.343 e. The number of carbonyl (C=O) groups is 1. The second-order valence-electron chi connectivity index (χ2n) is 5.67. The summed E-state index contributed by atoms with van der Waals surface area (Å²) in [5.74, 6) is 0.656. The van der Waals surface area contributed by atoms with Gasteiger partial charge >= 0.3 is 0 Å². The zero-order chi connectivity index (χ0) is 16.4. The molecule has 1 amide bonds. The van der Waals surface area contributed by atoms with Gasteiger partial charge in [-0.15, -0.1) is 0 Å². The highest BCUT2D eigenvalue weighted by Crippen LogP contribution is 2.32. The number of pyridine rings is 1. The molecule has 7 nitrogen and oxygen atoms in total. The van der Waals surface area contributed by atoms with Crippen LogP contribution in [0.4, 0.5) is 0 Å². The third-order valence-corrected chi connectivity index (χ3v) is 4.16. The molecule has 120 valence electrons. The van der Waals surface area contributed by atoms with Gasteiger partial charge in [0.15, 0.2) is 5.82 Å². The Hall–Kier alpha value is -3.09. The zero-order valence-electron chi connectivity index (χ0n) is 13.0. The fourth-order valence-electron chi connectivity index (χ4n) is 3.03. The first-order chi connectivity index (χ1) is 11.8. The van der Waals surface area contributed by atoms with E-state index in [0.29, 0.717) is 23.6 Å². The predicted molar refractivity (Wildman–Crippen MR) is 86.9 cm³/mol. The van der Waals surface area contributed by atoms with Gasteiger partial charge in [-0.25, -0.2) is 9.97 Å². The summed E-state index contributed by atoms with van der Waals surface area (Å²) in [5, 5.41) is 0. The van der Waals surface area contributed by atoms with Gasteiger partial charge in [0.25, 0.3) is 5.91 Å². The lowest BCUT2D eigenvalue weighted by Crippen LogP contribution is -2.31. The number of amides is 1. The van der Waals surface area contributed by atoms with Gasteiger partial charge in [-0.05, 0) is 25.0 Å². The van der Waals surface area contributed by atoms with Crippen molar-refractivity contribution in [1.29, 1.82) is 0 Å². The van der Waals surface area contributed by atoms with Gasteiger partial charge in [-0.1, -0.05) is 0 Å². The molecule has 1 saturated heterocycles. The third-order valence-electron chi connectivity index (χ3n) is 4.16. The molecular weight excluding hydrogens is 304 g/mol. The Bertz CT molecular complexity index is 833. The summed E-state index contributed by atoms with van der Waals surface area (Å²) >= 11 is 0. The average Bonchev–Trinajstić information content (AvgIpc) is 3.34. The van der Waals surface area contributed by atoms with Crippen LogP contribution in [0.2, 0.25) is 0 Å². The molecule has 4 heterocycles. The molecule has 1 aliphatic rings. The summed E-state index contributed by atoms with van der Waals surface area (Å²) in [6.07, 6.45) is 11.9. The second kappa shape index (κ2) is 6.19. The van der Waals surface area contributed by atoms with Crippen molar-refractivity contribution >= 4 is 5.91 Å². The number of imidazole rings is 1. The number of hydrogen-bond acceptors (Lipinski definition) is 5. The van der Waals surface area contributed by atoms with Crippen LogP contribution in [0.5, 0.6) is 0 Å². The SMILES string of the molecule is O=C(c1cccnc1)N1CCC[C@@H]1c1cncc(-c2ncc[nH]2)n1. The van der Waals surface area contributed by atoms with Crippen molar-refractivity contribution in [2.24, 2.45) is 0 Å². The Kier molecular flexibility index (Phi) is 3.74. The lowest BCUT2D eigenvalue weighted by Gasteiger charge is -2.24. The summed E-state index contributed by atoms with van der Waals surface area (Å²) in [5.41, 5.74) is 2.07. The number of H-pyrrole nitrogens is 1. The highest BCUT2D eigenvalue weighted by molar-refractivity contribution is 5.94. The fourth-order valence-corrected chi connectivity index (χ4v) is 3.03. The van der Waals surface area contributed by atoms with Gasteiger partial charge in [-0.2, -0.15) is 0 Å². The summed E-state index contributed by atoms with van der Waals surface area (Å²) in [6, 6.07) is 3.49. The van der Waals surface area contributed by atoms with Gasteiger partial charge in [0.05, 0.1) is 29.7 Å². The normalized spacial score (nSPS) is 17.2. The first kappa shape index (κ1) is 14.5. The maximum Gasteiger partial charge on any atom is 0.255 e. The minimum atomic E-state index is -0.0693. The standard InChI is InChI=1S/C17H16N6O/c24-17(12-3-1-5-18-9-12)23-8-2-4-15(23)13-10-19-11-14(22-13)16-20-6-7-21-16/h1,3,5-7,9-11,15H,2,4,8H2,(H,20,21)/t15-/m1/s1. The molecule has 24 heavy (non-hydrogen) atoms. The smallest absolute Gasteiger partial charge is 0.255 e. The van der Waals surface area contributed by atoms with E-state index in [4.69, 9.17) is 0 Å². The van der Waals surface area contributed by atoms with E-state index in [-0.39, 0.29) is 11.9 Å². The molecule has 3 aromatic rings. The van der Waals surface area contributed by atoms with Crippen LogP contribution in [-0.4, -0.2) is 42.3 Å². The van der Waals surface area contributed by atoms with E-state index >= 15 is 0 Å². The monoisotopic (exact) mass is 320 g/mol. The quantitative estimate of drug-likeness (QED) is 0.799. The van der Waals surface area contributed by atoms with Gasteiger partial charge in [0.1, 0.15) is 5.69 Å². The van der Waals surface area contributed by atoms with Crippen LogP contribution in [0.25, 0.3) is 11.5 Å². The Morgan fingerprint density at radius 2 is 2.17 bits per heavy atom. The molecule has 4 rings (SSSR count). The highest BCUT2D eigenvalue weighted by atomic mass is 16.2. The van der Waals surface area contributed by atoms with Crippen molar-refractivity contribution in [3.8, 4) is 11.5 Å². The van der Waals surface area contributed by atoms with Crippen LogP contribution >= 0.6 is 0 Å². The van der Waals surface area contributed by atoms with Gasteiger partial charge in [-0.3, -0.25) is 14.8 Å². The van der Waals surface area contributed by atoms with Crippen molar-refractivity contribution < 1.29 is 4.79 Å². The van der Waals surface area contributed by atoms with E-state index in [9.17, 15) is 4.79 Å². The Labute approximate surface area is 138 Å². The Morgan fingerprint density at radius 3 is 2.96 bits per heavy atom. The molecule has 7 heteroatoms. The van der Waals surface area contributed by atoms with Gasteiger partial charge in [0, 0.05) is 31.3 Å². The van der Waals surface area contributed by atoms with Crippen LogP contribution < -0.4 is 0 Å². The Balaban J connectivity index is 1.64. The van der Waals surface area contributed by atoms with E-state index in [0.717, 1.165) is 18.5 Å². The molecule has 0 saturated carbocycles. The molecule has 0 unspecified atom stereocenters. The van der Waals surface area contributed by atoms with Crippen molar-refractivity contribution in [3.63, 3.8) is 0 Å². The van der Waals surface area contributed by atoms with Crippen LogP contribution in [0.3, 0.4) is 0 Å². The van der Waals surface area contributed by atoms with Crippen LogP contribution in [-0.2, 0) is 0 Å². The van der Waals surface area contributed by atoms with Crippen molar-refractivity contribution in [2.45, 2.75) is 18.9 Å². The minimum absolute atomic E-state index is 0.0178. The maximum absolute atomic E-state index is 12.8. The van der Waals surface area contributed by atoms with Crippen LogP contribution in [0.15, 0.2) is 49.3 Å². The topological polar surface area (TPSA) is 87.7 Å². The van der Waals surface area contributed by atoms with Crippen molar-refractivity contribution in [3.05, 3.63) is 60.6 Å². The Morgan fingerprint density at radius 1 is 1.21 bits per heavy atom. The number of nitrogens with one attached hydrogen (secondary N) is 1. The van der Waals surface area contributed by atoms with E-state index in [1.54, 1.807) is 49.3 Å². The lowest BCUT2D eigenvalue weighted by molar-refractivity contribution is 0.0732. The summed E-state index contributed by atoms with van der Waals surface area (Å²) in [4.78, 5) is 34.8. The minimum Gasteiger partial charge on any atom is -0.343 e. The molecule has 1 N–H and O–H groups in total. The van der Waals surface area contributed by atoms with Crippen molar-refractivity contribution in [1.82, 2.24) is 29.8 Å². The van der Waals surface area contributed by atoms with E-state index < -0.39 is 0 Å². The number of likely N-dealkylation sites (tertiary alicyclic amines) is 1. The van der Waals surface area contributed by atoms with Gasteiger partial charge in [0.2, 0.25) is 0 Å².